The molecule has 0 saturated carbocycles. The van der Waals surface area contributed by atoms with Gasteiger partial charge in [-0.3, -0.25) is 19.2 Å². The summed E-state index contributed by atoms with van der Waals surface area (Å²) < 4.78 is 0. The lowest BCUT2D eigenvalue weighted by molar-refractivity contribution is -0.138. The zero-order chi connectivity index (χ0) is 21.1. The van der Waals surface area contributed by atoms with Crippen molar-refractivity contribution in [3.05, 3.63) is 35.9 Å². The standard InChI is InChI=1S/C19H28N4O5/c1-3-12(2)17(19(28)22-11-16(25)26)23-15(24)10-21-18(27)14(20)9-13-7-5-4-6-8-13/h4-8,12,14,17H,3,9-11,20H2,1-2H3,(H,21,27)(H,22,28)(H,23,24)(H,25,26). The molecule has 1 aromatic rings. The highest BCUT2D eigenvalue weighted by Crippen LogP contribution is 2.08. The van der Waals surface area contributed by atoms with E-state index in [1.165, 1.54) is 0 Å². The lowest BCUT2D eigenvalue weighted by atomic mass is 9.98. The van der Waals surface area contributed by atoms with Gasteiger partial charge in [0.05, 0.1) is 12.6 Å². The molecule has 1 aromatic carbocycles. The maximum absolute atomic E-state index is 12.1. The molecular formula is C19H28N4O5. The summed E-state index contributed by atoms with van der Waals surface area (Å²) in [6.45, 7) is 2.74. The maximum atomic E-state index is 12.1. The first-order valence-corrected chi connectivity index (χ1v) is 9.10. The molecule has 0 heterocycles. The molecule has 0 saturated heterocycles. The van der Waals surface area contributed by atoms with E-state index in [1.807, 2.05) is 37.3 Å². The minimum Gasteiger partial charge on any atom is -0.480 e. The number of hydrogen-bond donors (Lipinski definition) is 5. The van der Waals surface area contributed by atoms with Gasteiger partial charge in [-0.2, -0.15) is 0 Å². The van der Waals surface area contributed by atoms with Crippen molar-refractivity contribution in [1.29, 1.82) is 0 Å². The molecule has 6 N–H and O–H groups in total. The molecule has 9 nitrogen and oxygen atoms in total. The monoisotopic (exact) mass is 392 g/mol. The maximum Gasteiger partial charge on any atom is 0.322 e. The Bertz CT molecular complexity index is 680. The predicted molar refractivity (Wildman–Crippen MR) is 103 cm³/mol. The Morgan fingerprint density at radius 1 is 1.04 bits per heavy atom. The van der Waals surface area contributed by atoms with E-state index in [-0.39, 0.29) is 12.5 Å². The smallest absolute Gasteiger partial charge is 0.322 e. The summed E-state index contributed by atoms with van der Waals surface area (Å²) in [6, 6.07) is 7.56. The fraction of sp³-hybridized carbons (Fsp3) is 0.474. The van der Waals surface area contributed by atoms with Crippen LogP contribution >= 0.6 is 0 Å². The lowest BCUT2D eigenvalue weighted by Crippen LogP contribution is -2.54. The van der Waals surface area contributed by atoms with Crippen LogP contribution in [-0.2, 0) is 25.6 Å². The van der Waals surface area contributed by atoms with Crippen LogP contribution in [0.15, 0.2) is 30.3 Å². The summed E-state index contributed by atoms with van der Waals surface area (Å²) >= 11 is 0. The highest BCUT2D eigenvalue weighted by molar-refractivity contribution is 5.92. The Morgan fingerprint density at radius 2 is 1.64 bits per heavy atom. The third kappa shape index (κ3) is 8.17. The second-order valence-electron chi connectivity index (χ2n) is 6.56. The number of aliphatic carboxylic acids is 1. The molecule has 0 aliphatic heterocycles. The zero-order valence-corrected chi connectivity index (χ0v) is 16.1. The number of nitrogens with one attached hydrogen (secondary N) is 3. The van der Waals surface area contributed by atoms with Gasteiger partial charge in [0.15, 0.2) is 0 Å². The van der Waals surface area contributed by atoms with Gasteiger partial charge in [0.1, 0.15) is 12.6 Å². The third-order valence-corrected chi connectivity index (χ3v) is 4.28. The molecule has 9 heteroatoms. The highest BCUT2D eigenvalue weighted by Gasteiger charge is 2.26. The normalized spacial score (nSPS) is 13.7. The first-order chi connectivity index (χ1) is 13.2. The number of carboxylic acid groups (broad SMARTS) is 1. The van der Waals surface area contributed by atoms with Crippen LogP contribution in [0.3, 0.4) is 0 Å². The molecule has 0 aromatic heterocycles. The molecule has 0 spiro atoms. The number of amides is 3. The van der Waals surface area contributed by atoms with Crippen LogP contribution in [0.5, 0.6) is 0 Å². The Morgan fingerprint density at radius 3 is 2.21 bits per heavy atom. The van der Waals surface area contributed by atoms with Gasteiger partial charge < -0.3 is 26.8 Å². The van der Waals surface area contributed by atoms with Crippen LogP contribution in [0.2, 0.25) is 0 Å². The zero-order valence-electron chi connectivity index (χ0n) is 16.1. The lowest BCUT2D eigenvalue weighted by Gasteiger charge is -2.23. The van der Waals surface area contributed by atoms with Gasteiger partial charge in [-0.05, 0) is 17.9 Å². The molecule has 28 heavy (non-hydrogen) atoms. The molecule has 0 fully saturated rings. The van der Waals surface area contributed by atoms with Crippen molar-refractivity contribution in [2.45, 2.75) is 38.8 Å². The van der Waals surface area contributed by atoms with Crippen LogP contribution in [0.1, 0.15) is 25.8 Å². The largest absolute Gasteiger partial charge is 0.480 e. The third-order valence-electron chi connectivity index (χ3n) is 4.28. The van der Waals surface area contributed by atoms with Gasteiger partial charge in [-0.1, -0.05) is 50.6 Å². The number of rotatable bonds is 11. The van der Waals surface area contributed by atoms with Gasteiger partial charge in [-0.25, -0.2) is 0 Å². The molecule has 0 aliphatic carbocycles. The number of nitrogens with two attached hydrogens (primary N) is 1. The number of carbonyl (C=O) groups excluding carboxylic acids is 3. The van der Waals surface area contributed by atoms with E-state index in [4.69, 9.17) is 10.8 Å². The second kappa shape index (κ2) is 11.7. The van der Waals surface area contributed by atoms with Crippen LogP contribution in [-0.4, -0.2) is 54.0 Å². The van der Waals surface area contributed by atoms with Crippen molar-refractivity contribution >= 4 is 23.7 Å². The van der Waals surface area contributed by atoms with Gasteiger partial charge in [0.2, 0.25) is 17.7 Å². The van der Waals surface area contributed by atoms with Gasteiger partial charge in [0.25, 0.3) is 0 Å². The van der Waals surface area contributed by atoms with E-state index in [2.05, 4.69) is 16.0 Å². The fourth-order valence-corrected chi connectivity index (χ4v) is 2.46. The van der Waals surface area contributed by atoms with E-state index in [0.717, 1.165) is 5.56 Å². The van der Waals surface area contributed by atoms with Gasteiger partial charge >= 0.3 is 5.97 Å². The summed E-state index contributed by atoms with van der Waals surface area (Å²) in [5, 5.41) is 15.9. The molecule has 3 unspecified atom stereocenters. The minimum atomic E-state index is -1.18. The average Bonchev–Trinajstić information content (AvgIpc) is 2.68. The first-order valence-electron chi connectivity index (χ1n) is 9.10. The molecular weight excluding hydrogens is 364 g/mol. The average molecular weight is 392 g/mol. The summed E-state index contributed by atoms with van der Waals surface area (Å²) in [7, 11) is 0. The topological polar surface area (TPSA) is 151 Å². The van der Waals surface area contributed by atoms with E-state index >= 15 is 0 Å². The van der Waals surface area contributed by atoms with E-state index in [9.17, 15) is 19.2 Å². The molecule has 1 rings (SSSR count). The summed E-state index contributed by atoms with van der Waals surface area (Å²) in [5.41, 5.74) is 6.76. The van der Waals surface area contributed by atoms with Crippen molar-refractivity contribution in [2.75, 3.05) is 13.1 Å². The fourth-order valence-electron chi connectivity index (χ4n) is 2.46. The highest BCUT2D eigenvalue weighted by atomic mass is 16.4. The van der Waals surface area contributed by atoms with Crippen molar-refractivity contribution in [1.82, 2.24) is 16.0 Å². The Kier molecular flexibility index (Phi) is 9.66. The summed E-state index contributed by atoms with van der Waals surface area (Å²) in [4.78, 5) is 47.0. The molecule has 154 valence electrons. The van der Waals surface area contributed by atoms with Crippen molar-refractivity contribution < 1.29 is 24.3 Å². The van der Waals surface area contributed by atoms with E-state index in [1.54, 1.807) is 6.92 Å². The summed E-state index contributed by atoms with van der Waals surface area (Å²) in [6.07, 6.45) is 0.932. The minimum absolute atomic E-state index is 0.214. The number of hydrogen-bond acceptors (Lipinski definition) is 5. The van der Waals surface area contributed by atoms with Crippen LogP contribution < -0.4 is 21.7 Å². The quantitative estimate of drug-likeness (QED) is 0.339. The molecule has 0 bridgehead atoms. The van der Waals surface area contributed by atoms with Crippen molar-refractivity contribution in [3.8, 4) is 0 Å². The SMILES string of the molecule is CCC(C)C(NC(=O)CNC(=O)C(N)Cc1ccccc1)C(=O)NCC(=O)O. The van der Waals surface area contributed by atoms with E-state index in [0.29, 0.717) is 12.8 Å². The Labute approximate surface area is 164 Å². The van der Waals surface area contributed by atoms with E-state index < -0.39 is 42.3 Å². The van der Waals surface area contributed by atoms with Crippen molar-refractivity contribution in [3.63, 3.8) is 0 Å². The second-order valence-corrected chi connectivity index (χ2v) is 6.56. The van der Waals surface area contributed by atoms with Gasteiger partial charge in [-0.15, -0.1) is 0 Å². The molecule has 0 aliphatic rings. The Balaban J connectivity index is 2.53. The number of carboxylic acids is 1. The van der Waals surface area contributed by atoms with Crippen molar-refractivity contribution in [2.24, 2.45) is 11.7 Å². The van der Waals surface area contributed by atoms with Crippen LogP contribution in [0, 0.1) is 5.92 Å². The first kappa shape index (κ1) is 23.1. The summed E-state index contributed by atoms with van der Waals surface area (Å²) in [5.74, 6) is -3.02. The van der Waals surface area contributed by atoms with Gasteiger partial charge in [0, 0.05) is 0 Å². The van der Waals surface area contributed by atoms with Crippen LogP contribution in [0.4, 0.5) is 0 Å². The predicted octanol–water partition coefficient (Wildman–Crippen LogP) is -0.596. The molecule has 0 radical (unpaired) electrons. The van der Waals surface area contributed by atoms with Crippen LogP contribution in [0.25, 0.3) is 0 Å². The molecule has 3 atom stereocenters. The Hall–Kier alpha value is -2.94. The number of carbonyl (C=O) groups is 4. The molecule has 3 amide bonds. The number of benzene rings is 1.